The quantitative estimate of drug-likeness (QED) is 0.585. The van der Waals surface area contributed by atoms with Gasteiger partial charge in [-0.05, 0) is 56.2 Å². The number of ether oxygens (including phenoxy) is 1. The molecule has 0 aliphatic heterocycles. The molecule has 30 heavy (non-hydrogen) atoms. The summed E-state index contributed by atoms with van der Waals surface area (Å²) < 4.78 is 35.2. The van der Waals surface area contributed by atoms with Gasteiger partial charge < -0.3 is 9.15 Å². The van der Waals surface area contributed by atoms with Crippen LogP contribution in [0.25, 0.3) is 0 Å². The minimum Gasteiger partial charge on any atom is -0.484 e. The first-order valence-electron chi connectivity index (χ1n) is 9.38. The van der Waals surface area contributed by atoms with Crippen LogP contribution < -0.4 is 10.1 Å². The van der Waals surface area contributed by atoms with Crippen LogP contribution in [0.1, 0.15) is 30.9 Å². The zero-order valence-electron chi connectivity index (χ0n) is 17.0. The number of nitrogens with zero attached hydrogens (tertiary/aromatic N) is 2. The molecule has 2 aromatic carbocycles. The number of rotatable bonds is 8. The number of anilines is 1. The normalized spacial score (nSPS) is 11.5. The lowest BCUT2D eigenvalue weighted by molar-refractivity contribution is -0.118. The van der Waals surface area contributed by atoms with Crippen molar-refractivity contribution in [2.45, 2.75) is 37.3 Å². The van der Waals surface area contributed by atoms with Gasteiger partial charge in [0.25, 0.3) is 5.91 Å². The highest BCUT2D eigenvalue weighted by Gasteiger charge is 2.19. The molecule has 158 valence electrons. The fourth-order valence-corrected chi connectivity index (χ4v) is 3.69. The first-order valence-corrected chi connectivity index (χ1v) is 10.9. The molecule has 1 amide bonds. The number of carbonyl (C=O) groups excluding carboxylic acids is 1. The van der Waals surface area contributed by atoms with Gasteiger partial charge in [0.05, 0.1) is 16.6 Å². The molecular formula is C21H23N3O5S. The molecule has 0 saturated carbocycles. The molecule has 0 spiro atoms. The van der Waals surface area contributed by atoms with E-state index in [4.69, 9.17) is 9.15 Å². The molecule has 0 aliphatic carbocycles. The number of nitrogens with one attached hydrogen (secondary N) is 1. The lowest BCUT2D eigenvalue weighted by Gasteiger charge is -2.08. The molecule has 0 atom stereocenters. The van der Waals surface area contributed by atoms with Crippen LogP contribution in [0, 0.1) is 6.92 Å². The summed E-state index contributed by atoms with van der Waals surface area (Å²) in [5.74, 6) is 0.471. The largest absolute Gasteiger partial charge is 0.484 e. The lowest BCUT2D eigenvalue weighted by Crippen LogP contribution is -2.20. The Balaban J connectivity index is 1.55. The van der Waals surface area contributed by atoms with Crippen molar-refractivity contribution < 1.29 is 22.4 Å². The van der Waals surface area contributed by atoms with Crippen molar-refractivity contribution in [3.63, 3.8) is 0 Å². The number of carbonyl (C=O) groups is 1. The molecular weight excluding hydrogens is 406 g/mol. The third-order valence-electron chi connectivity index (χ3n) is 4.30. The summed E-state index contributed by atoms with van der Waals surface area (Å²) in [7, 11) is -3.31. The summed E-state index contributed by atoms with van der Waals surface area (Å²) in [5.41, 5.74) is 1.84. The van der Waals surface area contributed by atoms with E-state index in [-0.39, 0.29) is 17.5 Å². The average molecular weight is 429 g/mol. The van der Waals surface area contributed by atoms with Gasteiger partial charge in [0.15, 0.2) is 16.4 Å². The van der Waals surface area contributed by atoms with Crippen LogP contribution >= 0.6 is 0 Å². The number of hydrogen-bond acceptors (Lipinski definition) is 7. The van der Waals surface area contributed by atoms with Crippen LogP contribution in [0.2, 0.25) is 0 Å². The summed E-state index contributed by atoms with van der Waals surface area (Å²) in [6.45, 7) is 5.03. The third-order valence-corrected chi connectivity index (χ3v) is 6.47. The van der Waals surface area contributed by atoms with E-state index in [1.807, 2.05) is 25.1 Å². The highest BCUT2D eigenvalue weighted by atomic mass is 32.2. The Morgan fingerprint density at radius 3 is 2.53 bits per heavy atom. The smallest absolute Gasteiger partial charge is 0.322 e. The number of hydrogen-bond donors (Lipinski definition) is 1. The van der Waals surface area contributed by atoms with E-state index in [2.05, 4.69) is 15.5 Å². The minimum atomic E-state index is -3.31. The van der Waals surface area contributed by atoms with Gasteiger partial charge in [0.2, 0.25) is 5.89 Å². The van der Waals surface area contributed by atoms with Gasteiger partial charge in [-0.15, -0.1) is 5.10 Å². The van der Waals surface area contributed by atoms with Gasteiger partial charge in [-0.3, -0.25) is 10.1 Å². The van der Waals surface area contributed by atoms with Crippen molar-refractivity contribution in [1.82, 2.24) is 10.2 Å². The molecule has 3 aromatic rings. The predicted molar refractivity (Wildman–Crippen MR) is 111 cm³/mol. The molecule has 0 bridgehead atoms. The second kappa shape index (κ2) is 9.08. The van der Waals surface area contributed by atoms with Crippen LogP contribution in [-0.2, 0) is 21.1 Å². The number of benzene rings is 2. The van der Waals surface area contributed by atoms with Crippen LogP contribution in [0.3, 0.4) is 0 Å². The van der Waals surface area contributed by atoms with Crippen LogP contribution in [0.5, 0.6) is 5.75 Å². The summed E-state index contributed by atoms with van der Waals surface area (Å²) in [6, 6.07) is 13.9. The maximum atomic E-state index is 12.2. The molecule has 0 fully saturated rings. The Hall–Kier alpha value is -3.20. The van der Waals surface area contributed by atoms with Crippen LogP contribution in [-0.4, -0.2) is 36.4 Å². The van der Waals surface area contributed by atoms with Gasteiger partial charge >= 0.3 is 6.01 Å². The second-order valence-electron chi connectivity index (χ2n) is 7.07. The molecule has 1 heterocycles. The van der Waals surface area contributed by atoms with Crippen molar-refractivity contribution in [3.05, 3.63) is 65.5 Å². The van der Waals surface area contributed by atoms with Crippen molar-refractivity contribution in [3.8, 4) is 5.75 Å². The van der Waals surface area contributed by atoms with E-state index in [1.54, 1.807) is 44.2 Å². The van der Waals surface area contributed by atoms with Crippen molar-refractivity contribution in [2.24, 2.45) is 0 Å². The Bertz CT molecular complexity index is 1120. The fourth-order valence-electron chi connectivity index (χ4n) is 2.63. The molecule has 1 aromatic heterocycles. The molecule has 0 saturated heterocycles. The number of aryl methyl sites for hydroxylation is 1. The first-order chi connectivity index (χ1) is 14.2. The van der Waals surface area contributed by atoms with E-state index >= 15 is 0 Å². The first kappa shape index (κ1) is 21.5. The zero-order chi connectivity index (χ0) is 21.7. The van der Waals surface area contributed by atoms with Crippen molar-refractivity contribution >= 4 is 21.8 Å². The molecule has 0 unspecified atom stereocenters. The summed E-state index contributed by atoms with van der Waals surface area (Å²) >= 11 is 0. The number of aromatic nitrogens is 2. The zero-order valence-corrected chi connectivity index (χ0v) is 17.8. The highest BCUT2D eigenvalue weighted by Crippen LogP contribution is 2.18. The van der Waals surface area contributed by atoms with Crippen LogP contribution in [0.15, 0.2) is 57.8 Å². The topological polar surface area (TPSA) is 111 Å². The molecule has 9 heteroatoms. The molecule has 1 N–H and O–H groups in total. The standard InChI is InChI=1S/C21H23N3O5S/c1-14(2)30(26,27)18-9-7-16(8-10-18)12-20-23-24-21(29-20)22-19(25)13-28-17-6-4-5-15(3)11-17/h4-11,14H,12-13H2,1-3H3,(H,22,24,25). The van der Waals surface area contributed by atoms with E-state index in [9.17, 15) is 13.2 Å². The molecule has 0 radical (unpaired) electrons. The van der Waals surface area contributed by atoms with Gasteiger partial charge in [-0.2, -0.15) is 0 Å². The predicted octanol–water partition coefficient (Wildman–Crippen LogP) is 3.17. The third kappa shape index (κ3) is 5.44. The fraction of sp³-hybridized carbons (Fsp3) is 0.286. The van der Waals surface area contributed by atoms with E-state index < -0.39 is 21.0 Å². The molecule has 3 rings (SSSR count). The number of amides is 1. The second-order valence-corrected chi connectivity index (χ2v) is 9.57. The van der Waals surface area contributed by atoms with Gasteiger partial charge in [0, 0.05) is 0 Å². The van der Waals surface area contributed by atoms with Crippen molar-refractivity contribution in [1.29, 1.82) is 0 Å². The summed E-state index contributed by atoms with van der Waals surface area (Å²) in [4.78, 5) is 12.3. The monoisotopic (exact) mass is 429 g/mol. The maximum Gasteiger partial charge on any atom is 0.322 e. The highest BCUT2D eigenvalue weighted by molar-refractivity contribution is 7.92. The molecule has 8 nitrogen and oxygen atoms in total. The van der Waals surface area contributed by atoms with Gasteiger partial charge in [-0.25, -0.2) is 8.42 Å². The summed E-state index contributed by atoms with van der Waals surface area (Å²) in [6.07, 6.45) is 0.310. The maximum absolute atomic E-state index is 12.2. The lowest BCUT2D eigenvalue weighted by atomic mass is 10.1. The number of sulfone groups is 1. The van der Waals surface area contributed by atoms with E-state index in [1.165, 1.54) is 0 Å². The Labute approximate surface area is 175 Å². The average Bonchev–Trinajstić information content (AvgIpc) is 3.13. The summed E-state index contributed by atoms with van der Waals surface area (Å²) in [5, 5.41) is 9.71. The van der Waals surface area contributed by atoms with E-state index in [0.717, 1.165) is 11.1 Å². The minimum absolute atomic E-state index is 0.0261. The Kier molecular flexibility index (Phi) is 6.51. The van der Waals surface area contributed by atoms with Gasteiger partial charge in [-0.1, -0.05) is 29.4 Å². The van der Waals surface area contributed by atoms with Crippen molar-refractivity contribution in [2.75, 3.05) is 11.9 Å². The Morgan fingerprint density at radius 2 is 1.87 bits per heavy atom. The van der Waals surface area contributed by atoms with E-state index in [0.29, 0.717) is 18.1 Å². The Morgan fingerprint density at radius 1 is 1.13 bits per heavy atom. The molecule has 0 aliphatic rings. The van der Waals surface area contributed by atoms with Gasteiger partial charge in [0.1, 0.15) is 5.75 Å². The SMILES string of the molecule is Cc1cccc(OCC(=O)Nc2nnc(Cc3ccc(S(=O)(=O)C(C)C)cc3)o2)c1. The van der Waals surface area contributed by atoms with Crippen LogP contribution in [0.4, 0.5) is 6.01 Å².